The van der Waals surface area contributed by atoms with Crippen LogP contribution in [0, 0.1) is 6.92 Å². The molecule has 3 aromatic carbocycles. The Morgan fingerprint density at radius 2 is 1.67 bits per heavy atom. The Hall–Kier alpha value is -3.90. The highest BCUT2D eigenvalue weighted by molar-refractivity contribution is 7.98. The van der Waals surface area contributed by atoms with Gasteiger partial charge in [0.2, 0.25) is 0 Å². The van der Waals surface area contributed by atoms with Crippen molar-refractivity contribution >= 4 is 28.7 Å². The number of pyridine rings is 1. The summed E-state index contributed by atoms with van der Waals surface area (Å²) in [4.78, 5) is 22.0. The van der Waals surface area contributed by atoms with E-state index in [1.54, 1.807) is 18.0 Å². The maximum Gasteiger partial charge on any atom is 0.251 e. The van der Waals surface area contributed by atoms with Crippen molar-refractivity contribution in [2.45, 2.75) is 37.3 Å². The fourth-order valence-corrected chi connectivity index (χ4v) is 5.06. The summed E-state index contributed by atoms with van der Waals surface area (Å²) in [7, 11) is 0. The third-order valence-electron chi connectivity index (χ3n) is 6.21. The molecule has 2 heterocycles. The largest absolute Gasteiger partial charge is 0.346 e. The fourth-order valence-electron chi connectivity index (χ4n) is 4.09. The second-order valence-electron chi connectivity index (χ2n) is 8.92. The van der Waals surface area contributed by atoms with Crippen molar-refractivity contribution in [3.8, 4) is 0 Å². The van der Waals surface area contributed by atoms with Crippen molar-refractivity contribution in [3.05, 3.63) is 125 Å². The number of rotatable bonds is 8. The van der Waals surface area contributed by atoms with Crippen molar-refractivity contribution in [1.82, 2.24) is 19.9 Å². The highest BCUT2D eigenvalue weighted by atomic mass is 32.2. The molecular formula is C30H28N4OS. The third kappa shape index (κ3) is 5.50. The summed E-state index contributed by atoms with van der Waals surface area (Å²) in [6.45, 7) is 4.75. The van der Waals surface area contributed by atoms with E-state index in [2.05, 4.69) is 46.1 Å². The molecule has 1 atom stereocenters. The minimum atomic E-state index is -0.0791. The average molecular weight is 493 g/mol. The molecule has 5 rings (SSSR count). The van der Waals surface area contributed by atoms with E-state index >= 15 is 0 Å². The summed E-state index contributed by atoms with van der Waals surface area (Å²) in [5.41, 5.74) is 7.29. The minimum absolute atomic E-state index is 0.0590. The van der Waals surface area contributed by atoms with Gasteiger partial charge in [-0.25, -0.2) is 4.98 Å². The predicted molar refractivity (Wildman–Crippen MR) is 146 cm³/mol. The Balaban J connectivity index is 1.31. The van der Waals surface area contributed by atoms with Crippen LogP contribution in [0.15, 0.2) is 102 Å². The Morgan fingerprint density at radius 1 is 0.944 bits per heavy atom. The average Bonchev–Trinajstić information content (AvgIpc) is 3.26. The number of nitrogens with zero attached hydrogens (tertiary/aromatic N) is 3. The molecule has 1 N–H and O–H groups in total. The number of amides is 1. The van der Waals surface area contributed by atoms with Gasteiger partial charge in [-0.3, -0.25) is 9.78 Å². The molecule has 6 heteroatoms. The van der Waals surface area contributed by atoms with Crippen molar-refractivity contribution in [2.24, 2.45) is 0 Å². The van der Waals surface area contributed by atoms with Crippen LogP contribution in [0.25, 0.3) is 11.0 Å². The lowest BCUT2D eigenvalue weighted by Crippen LogP contribution is -2.26. The van der Waals surface area contributed by atoms with E-state index < -0.39 is 0 Å². The van der Waals surface area contributed by atoms with Crippen molar-refractivity contribution in [1.29, 1.82) is 0 Å². The first-order valence-electron chi connectivity index (χ1n) is 12.0. The van der Waals surface area contributed by atoms with E-state index in [1.807, 2.05) is 73.8 Å². The fraction of sp³-hybridized carbons (Fsp3) is 0.167. The molecule has 180 valence electrons. The number of fused-ring (bicyclic) bond motifs is 1. The second-order valence-corrected chi connectivity index (χ2v) is 9.86. The van der Waals surface area contributed by atoms with Crippen LogP contribution in [0.3, 0.4) is 0 Å². The zero-order valence-corrected chi connectivity index (χ0v) is 21.2. The van der Waals surface area contributed by atoms with Gasteiger partial charge < -0.3 is 9.88 Å². The van der Waals surface area contributed by atoms with Crippen molar-refractivity contribution < 1.29 is 4.79 Å². The van der Waals surface area contributed by atoms with Gasteiger partial charge in [0.1, 0.15) is 0 Å². The molecule has 5 nitrogen and oxygen atoms in total. The van der Waals surface area contributed by atoms with E-state index in [4.69, 9.17) is 4.98 Å². The number of thioether (sulfide) groups is 1. The quantitative estimate of drug-likeness (QED) is 0.249. The molecule has 0 bridgehead atoms. The lowest BCUT2D eigenvalue weighted by Gasteiger charge is -2.14. The maximum absolute atomic E-state index is 12.8. The lowest BCUT2D eigenvalue weighted by atomic mass is 10.1. The molecule has 0 saturated carbocycles. The molecule has 0 aliphatic rings. The van der Waals surface area contributed by atoms with Crippen LogP contribution >= 0.6 is 11.8 Å². The molecule has 0 spiro atoms. The van der Waals surface area contributed by atoms with Crippen LogP contribution in [0.5, 0.6) is 0 Å². The molecule has 0 fully saturated rings. The van der Waals surface area contributed by atoms with Crippen LogP contribution < -0.4 is 5.32 Å². The lowest BCUT2D eigenvalue weighted by molar-refractivity contribution is 0.0940. The summed E-state index contributed by atoms with van der Waals surface area (Å²) in [5, 5.41) is 4.04. The summed E-state index contributed by atoms with van der Waals surface area (Å²) in [6.07, 6.45) is 3.64. The van der Waals surface area contributed by atoms with Gasteiger partial charge in [-0.1, -0.05) is 84.1 Å². The Bertz CT molecular complexity index is 1460. The highest BCUT2D eigenvalue weighted by Crippen LogP contribution is 2.27. The van der Waals surface area contributed by atoms with Gasteiger partial charge in [0.05, 0.1) is 29.8 Å². The molecule has 0 radical (unpaired) electrons. The number of carbonyl (C=O) groups is 1. The minimum Gasteiger partial charge on any atom is -0.346 e. The summed E-state index contributed by atoms with van der Waals surface area (Å²) >= 11 is 1.72. The van der Waals surface area contributed by atoms with Crippen LogP contribution in [0.1, 0.15) is 45.6 Å². The Labute approximate surface area is 215 Å². The first-order valence-corrected chi connectivity index (χ1v) is 13.0. The normalized spacial score (nSPS) is 11.9. The van der Waals surface area contributed by atoms with E-state index in [-0.39, 0.29) is 11.9 Å². The molecular weight excluding hydrogens is 464 g/mol. The molecule has 36 heavy (non-hydrogen) atoms. The summed E-state index contributed by atoms with van der Waals surface area (Å²) < 4.78 is 2.20. The molecule has 0 aliphatic carbocycles. The topological polar surface area (TPSA) is 59.8 Å². The Morgan fingerprint density at radius 3 is 2.42 bits per heavy atom. The van der Waals surface area contributed by atoms with Gasteiger partial charge in [0.15, 0.2) is 5.16 Å². The van der Waals surface area contributed by atoms with Crippen LogP contribution in [-0.4, -0.2) is 20.4 Å². The first-order chi connectivity index (χ1) is 17.6. The number of imidazole rings is 1. The van der Waals surface area contributed by atoms with Crippen molar-refractivity contribution in [2.75, 3.05) is 0 Å². The summed E-state index contributed by atoms with van der Waals surface area (Å²) in [5.74, 6) is 0.764. The molecule has 5 aromatic rings. The SMILES string of the molecule is Cc1ccc(CSc2nc3ccncc3n2Cc2ccc(C(=O)N[C@@H](C)c3ccccc3)cc2)cc1. The van der Waals surface area contributed by atoms with Gasteiger partial charge >= 0.3 is 0 Å². The van der Waals surface area contributed by atoms with Gasteiger partial charge in [0.25, 0.3) is 5.91 Å². The number of benzene rings is 3. The smallest absolute Gasteiger partial charge is 0.251 e. The number of nitrogens with one attached hydrogen (secondary N) is 1. The standard InChI is InChI=1S/C30H28N4OS/c1-21-8-10-24(11-9-21)20-36-30-33-27-16-17-31-18-28(27)34(30)19-23-12-14-26(15-13-23)29(35)32-22(2)25-6-4-3-5-7-25/h3-18,22H,19-20H2,1-2H3,(H,32,35)/t22-/m0/s1. The number of aromatic nitrogens is 3. The highest BCUT2D eigenvalue weighted by Gasteiger charge is 2.14. The zero-order valence-electron chi connectivity index (χ0n) is 20.4. The van der Waals surface area contributed by atoms with E-state index in [1.165, 1.54) is 11.1 Å². The number of carbonyl (C=O) groups excluding carboxylic acids is 1. The van der Waals surface area contributed by atoms with E-state index in [9.17, 15) is 4.79 Å². The second kappa shape index (κ2) is 10.8. The zero-order chi connectivity index (χ0) is 24.9. The van der Waals surface area contributed by atoms with E-state index in [0.29, 0.717) is 12.1 Å². The molecule has 1 amide bonds. The Kier molecular flexibility index (Phi) is 7.14. The number of hydrogen-bond donors (Lipinski definition) is 1. The monoisotopic (exact) mass is 492 g/mol. The molecule has 0 unspecified atom stereocenters. The third-order valence-corrected chi connectivity index (χ3v) is 7.26. The van der Waals surface area contributed by atoms with Crippen LogP contribution in [0.2, 0.25) is 0 Å². The first kappa shape index (κ1) is 23.8. The van der Waals surface area contributed by atoms with Gasteiger partial charge in [-0.15, -0.1) is 0 Å². The summed E-state index contributed by atoms with van der Waals surface area (Å²) in [6, 6.07) is 28.3. The van der Waals surface area contributed by atoms with E-state index in [0.717, 1.165) is 33.1 Å². The van der Waals surface area contributed by atoms with Gasteiger partial charge in [-0.05, 0) is 48.7 Å². The number of hydrogen-bond acceptors (Lipinski definition) is 4. The van der Waals surface area contributed by atoms with Crippen molar-refractivity contribution in [3.63, 3.8) is 0 Å². The maximum atomic E-state index is 12.8. The van der Waals surface area contributed by atoms with Gasteiger partial charge in [-0.2, -0.15) is 0 Å². The molecule has 2 aromatic heterocycles. The van der Waals surface area contributed by atoms with Crippen LogP contribution in [-0.2, 0) is 12.3 Å². The van der Waals surface area contributed by atoms with Crippen LogP contribution in [0.4, 0.5) is 0 Å². The molecule has 0 saturated heterocycles. The molecule has 0 aliphatic heterocycles. The predicted octanol–water partition coefficient (Wildman–Crippen LogP) is 6.57. The number of aryl methyl sites for hydroxylation is 1. The van der Waals surface area contributed by atoms with Gasteiger partial charge in [0, 0.05) is 17.5 Å².